The zero-order valence-electron chi connectivity index (χ0n) is 9.46. The van der Waals surface area contributed by atoms with E-state index in [-0.39, 0.29) is 5.71 Å². The summed E-state index contributed by atoms with van der Waals surface area (Å²) in [7, 11) is 0. The van der Waals surface area contributed by atoms with Crippen molar-refractivity contribution in [3.63, 3.8) is 0 Å². The van der Waals surface area contributed by atoms with Gasteiger partial charge in [0, 0.05) is 11.5 Å². The first-order chi connectivity index (χ1) is 8.83. The van der Waals surface area contributed by atoms with E-state index in [2.05, 4.69) is 16.6 Å². The summed E-state index contributed by atoms with van der Waals surface area (Å²) in [5, 5.41) is 20.9. The van der Waals surface area contributed by atoms with Gasteiger partial charge in [0.25, 0.3) is 0 Å². The third-order valence-electron chi connectivity index (χ3n) is 2.29. The molecule has 18 heavy (non-hydrogen) atoms. The number of hydrogen-bond acceptors (Lipinski definition) is 6. The van der Waals surface area contributed by atoms with Crippen molar-refractivity contribution in [2.24, 2.45) is 5.10 Å². The van der Waals surface area contributed by atoms with Crippen LogP contribution < -0.4 is 5.43 Å². The van der Waals surface area contributed by atoms with Gasteiger partial charge in [-0.25, -0.2) is 0 Å². The lowest BCUT2D eigenvalue weighted by molar-refractivity contribution is 1.31. The Hall–Kier alpha value is -1.63. The van der Waals surface area contributed by atoms with E-state index in [0.717, 1.165) is 5.69 Å². The molecular formula is C12H10N4S2. The van der Waals surface area contributed by atoms with Crippen LogP contribution in [0, 0.1) is 22.7 Å². The molecule has 0 unspecified atom stereocenters. The SMILES string of the molecule is N#CC(C#N)=NNc1cccc(C2SCCS2)c1. The van der Waals surface area contributed by atoms with Crippen LogP contribution in [0.1, 0.15) is 10.1 Å². The molecule has 0 atom stereocenters. The molecular weight excluding hydrogens is 264 g/mol. The van der Waals surface area contributed by atoms with E-state index in [9.17, 15) is 0 Å². The van der Waals surface area contributed by atoms with Gasteiger partial charge in [0.1, 0.15) is 12.1 Å². The van der Waals surface area contributed by atoms with Gasteiger partial charge in [-0.3, -0.25) is 5.43 Å². The Bertz CT molecular complexity index is 520. The Morgan fingerprint density at radius 2 is 2.00 bits per heavy atom. The first kappa shape index (κ1) is 12.8. The van der Waals surface area contributed by atoms with E-state index in [4.69, 9.17) is 10.5 Å². The van der Waals surface area contributed by atoms with Crippen LogP contribution in [-0.2, 0) is 0 Å². The molecule has 2 rings (SSSR count). The fourth-order valence-corrected chi connectivity index (χ4v) is 4.34. The number of thioether (sulfide) groups is 2. The van der Waals surface area contributed by atoms with Crippen molar-refractivity contribution < 1.29 is 0 Å². The Morgan fingerprint density at radius 3 is 2.67 bits per heavy atom. The van der Waals surface area contributed by atoms with Gasteiger partial charge in [-0.05, 0) is 17.7 Å². The highest BCUT2D eigenvalue weighted by atomic mass is 32.2. The van der Waals surface area contributed by atoms with E-state index in [1.165, 1.54) is 17.1 Å². The van der Waals surface area contributed by atoms with Crippen molar-refractivity contribution in [3.05, 3.63) is 29.8 Å². The third-order valence-corrected chi connectivity index (χ3v) is 5.39. The fraction of sp³-hybridized carbons (Fsp3) is 0.250. The van der Waals surface area contributed by atoms with Gasteiger partial charge < -0.3 is 0 Å². The van der Waals surface area contributed by atoms with Crippen LogP contribution in [0.5, 0.6) is 0 Å². The van der Waals surface area contributed by atoms with E-state index < -0.39 is 0 Å². The Kier molecular flexibility index (Phi) is 4.52. The van der Waals surface area contributed by atoms with Crippen LogP contribution >= 0.6 is 23.5 Å². The van der Waals surface area contributed by atoms with Crippen molar-refractivity contribution in [1.29, 1.82) is 10.5 Å². The van der Waals surface area contributed by atoms with Crippen LogP contribution in [-0.4, -0.2) is 17.2 Å². The average Bonchev–Trinajstić information content (AvgIpc) is 2.94. The number of rotatable bonds is 3. The summed E-state index contributed by atoms with van der Waals surface area (Å²) in [6, 6.07) is 11.3. The zero-order chi connectivity index (χ0) is 12.8. The molecule has 1 aromatic rings. The molecule has 90 valence electrons. The second-order valence-corrected chi connectivity index (χ2v) is 6.22. The lowest BCUT2D eigenvalue weighted by atomic mass is 10.2. The molecule has 1 aromatic carbocycles. The minimum Gasteiger partial charge on any atom is -0.277 e. The highest BCUT2D eigenvalue weighted by Gasteiger charge is 2.18. The molecule has 0 bridgehead atoms. The monoisotopic (exact) mass is 274 g/mol. The molecule has 0 radical (unpaired) electrons. The van der Waals surface area contributed by atoms with E-state index in [1.54, 1.807) is 12.1 Å². The van der Waals surface area contributed by atoms with Gasteiger partial charge in [-0.1, -0.05) is 12.1 Å². The van der Waals surface area contributed by atoms with Crippen molar-refractivity contribution in [2.45, 2.75) is 4.58 Å². The fourth-order valence-electron chi connectivity index (χ4n) is 1.50. The van der Waals surface area contributed by atoms with E-state index in [0.29, 0.717) is 4.58 Å². The summed E-state index contributed by atoms with van der Waals surface area (Å²) in [5.74, 6) is 2.36. The predicted molar refractivity (Wildman–Crippen MR) is 76.4 cm³/mol. The maximum atomic E-state index is 8.58. The maximum absolute atomic E-state index is 8.58. The molecule has 6 heteroatoms. The zero-order valence-corrected chi connectivity index (χ0v) is 11.1. The van der Waals surface area contributed by atoms with Gasteiger partial charge in [0.15, 0.2) is 0 Å². The number of anilines is 1. The maximum Gasteiger partial charge on any atom is 0.237 e. The molecule has 4 nitrogen and oxygen atoms in total. The Labute approximate surface area is 114 Å². The van der Waals surface area contributed by atoms with Crippen LogP contribution in [0.15, 0.2) is 29.4 Å². The minimum absolute atomic E-state index is 0.176. The van der Waals surface area contributed by atoms with Crippen LogP contribution in [0.2, 0.25) is 0 Å². The average molecular weight is 274 g/mol. The molecule has 0 aromatic heterocycles. The summed E-state index contributed by atoms with van der Waals surface area (Å²) in [5.41, 5.74) is 4.59. The third kappa shape index (κ3) is 3.19. The first-order valence-electron chi connectivity index (χ1n) is 5.30. The molecule has 1 aliphatic heterocycles. The standard InChI is InChI=1S/C12H10N4S2/c13-7-11(8-14)16-15-10-3-1-2-9(6-10)12-17-4-5-18-12/h1-3,6,12,15H,4-5H2. The number of nitrogens with zero attached hydrogens (tertiary/aromatic N) is 3. The van der Waals surface area contributed by atoms with Gasteiger partial charge in [0.05, 0.1) is 10.3 Å². The number of hydrazone groups is 1. The highest BCUT2D eigenvalue weighted by molar-refractivity contribution is 8.19. The van der Waals surface area contributed by atoms with E-state index >= 15 is 0 Å². The van der Waals surface area contributed by atoms with Gasteiger partial charge in [-0.15, -0.1) is 23.5 Å². The lowest BCUT2D eigenvalue weighted by Crippen LogP contribution is -1.97. The molecule has 0 spiro atoms. The predicted octanol–water partition coefficient (Wildman–Crippen LogP) is 2.98. The molecule has 0 saturated carbocycles. The highest BCUT2D eigenvalue weighted by Crippen LogP contribution is 2.45. The van der Waals surface area contributed by atoms with Crippen LogP contribution in [0.4, 0.5) is 5.69 Å². The second kappa shape index (κ2) is 6.34. The summed E-state index contributed by atoms with van der Waals surface area (Å²) in [6.45, 7) is 0. The van der Waals surface area contributed by atoms with Crippen molar-refractivity contribution in [1.82, 2.24) is 0 Å². The molecule has 0 aliphatic carbocycles. The van der Waals surface area contributed by atoms with Gasteiger partial charge in [0.2, 0.25) is 5.71 Å². The van der Waals surface area contributed by atoms with Crippen molar-refractivity contribution >= 4 is 34.9 Å². The number of benzene rings is 1. The molecule has 1 aliphatic rings. The summed E-state index contributed by atoms with van der Waals surface area (Å²) in [4.78, 5) is 0. The summed E-state index contributed by atoms with van der Waals surface area (Å²) < 4.78 is 0.474. The molecule has 1 N–H and O–H groups in total. The van der Waals surface area contributed by atoms with Gasteiger partial charge in [-0.2, -0.15) is 15.6 Å². The topological polar surface area (TPSA) is 72.0 Å². The smallest absolute Gasteiger partial charge is 0.237 e. The van der Waals surface area contributed by atoms with Crippen LogP contribution in [0.25, 0.3) is 0 Å². The minimum atomic E-state index is -0.176. The summed E-state index contributed by atoms with van der Waals surface area (Å²) in [6.07, 6.45) is 0. The molecule has 0 amide bonds. The summed E-state index contributed by atoms with van der Waals surface area (Å²) >= 11 is 3.86. The van der Waals surface area contributed by atoms with Crippen molar-refractivity contribution in [3.8, 4) is 12.1 Å². The second-order valence-electron chi connectivity index (χ2n) is 3.49. The number of hydrogen-bond donors (Lipinski definition) is 1. The largest absolute Gasteiger partial charge is 0.277 e. The normalized spacial score (nSPS) is 14.6. The molecule has 1 heterocycles. The molecule has 1 fully saturated rings. The molecule has 1 saturated heterocycles. The number of nitrogens with one attached hydrogen (secondary N) is 1. The van der Waals surface area contributed by atoms with Crippen LogP contribution in [0.3, 0.4) is 0 Å². The first-order valence-corrected chi connectivity index (χ1v) is 7.40. The number of nitriles is 2. The van der Waals surface area contributed by atoms with Gasteiger partial charge >= 0.3 is 0 Å². The quantitative estimate of drug-likeness (QED) is 0.677. The Balaban J connectivity index is 2.11. The Morgan fingerprint density at radius 1 is 1.28 bits per heavy atom. The van der Waals surface area contributed by atoms with E-state index in [1.807, 2.05) is 41.7 Å². The van der Waals surface area contributed by atoms with Crippen molar-refractivity contribution in [2.75, 3.05) is 16.9 Å². The lowest BCUT2D eigenvalue weighted by Gasteiger charge is -2.09.